The molecule has 3 nitrogen and oxygen atoms in total. The van der Waals surface area contributed by atoms with Crippen molar-refractivity contribution in [2.45, 2.75) is 43.0 Å². The SMILES string of the molecule is Cl.O=C(CCC1CCNCC1)NC1CCSc2ccccc21. The van der Waals surface area contributed by atoms with Crippen LogP contribution in [0.4, 0.5) is 0 Å². The minimum Gasteiger partial charge on any atom is -0.349 e. The smallest absolute Gasteiger partial charge is 0.220 e. The summed E-state index contributed by atoms with van der Waals surface area (Å²) in [4.78, 5) is 13.6. The fourth-order valence-corrected chi connectivity index (χ4v) is 4.39. The summed E-state index contributed by atoms with van der Waals surface area (Å²) < 4.78 is 0. The molecule has 2 aliphatic heterocycles. The number of fused-ring (bicyclic) bond motifs is 1. The first-order chi connectivity index (χ1) is 10.3. The van der Waals surface area contributed by atoms with E-state index in [9.17, 15) is 4.79 Å². The number of carbonyl (C=O) groups is 1. The molecule has 5 heteroatoms. The molecular formula is C17H25ClN2OS. The van der Waals surface area contributed by atoms with Crippen LogP contribution in [0.15, 0.2) is 29.2 Å². The van der Waals surface area contributed by atoms with Crippen LogP contribution in [0.1, 0.15) is 43.7 Å². The molecule has 2 N–H and O–H groups in total. The van der Waals surface area contributed by atoms with Gasteiger partial charge in [0.2, 0.25) is 5.91 Å². The maximum Gasteiger partial charge on any atom is 0.220 e. The molecule has 1 fully saturated rings. The molecule has 3 rings (SSSR count). The predicted octanol–water partition coefficient (Wildman–Crippen LogP) is 3.54. The average Bonchev–Trinajstić information content (AvgIpc) is 2.54. The van der Waals surface area contributed by atoms with Crippen LogP contribution in [0, 0.1) is 5.92 Å². The normalized spacial score (nSPS) is 21.5. The summed E-state index contributed by atoms with van der Waals surface area (Å²) in [7, 11) is 0. The molecule has 0 spiro atoms. The van der Waals surface area contributed by atoms with Gasteiger partial charge in [0, 0.05) is 17.1 Å². The van der Waals surface area contributed by atoms with Gasteiger partial charge in [-0.05, 0) is 56.3 Å². The highest BCUT2D eigenvalue weighted by atomic mass is 35.5. The summed E-state index contributed by atoms with van der Waals surface area (Å²) in [5.41, 5.74) is 1.30. The molecule has 122 valence electrons. The maximum absolute atomic E-state index is 12.2. The zero-order valence-corrected chi connectivity index (χ0v) is 14.5. The van der Waals surface area contributed by atoms with Crippen LogP contribution in [0.3, 0.4) is 0 Å². The van der Waals surface area contributed by atoms with Crippen LogP contribution in [-0.2, 0) is 4.79 Å². The van der Waals surface area contributed by atoms with Crippen molar-refractivity contribution in [3.05, 3.63) is 29.8 Å². The molecule has 1 aromatic rings. The third-order valence-electron chi connectivity index (χ3n) is 4.53. The Morgan fingerprint density at radius 1 is 1.23 bits per heavy atom. The Kier molecular flexibility index (Phi) is 7.06. The van der Waals surface area contributed by atoms with Gasteiger partial charge in [0.15, 0.2) is 0 Å². The average molecular weight is 341 g/mol. The summed E-state index contributed by atoms with van der Waals surface area (Å²) in [6.07, 6.45) is 5.19. The lowest BCUT2D eigenvalue weighted by Crippen LogP contribution is -2.32. The molecule has 0 aliphatic carbocycles. The van der Waals surface area contributed by atoms with Gasteiger partial charge in [-0.3, -0.25) is 4.79 Å². The lowest BCUT2D eigenvalue weighted by Gasteiger charge is -2.26. The molecule has 0 radical (unpaired) electrons. The minimum atomic E-state index is 0. The summed E-state index contributed by atoms with van der Waals surface area (Å²) in [5, 5.41) is 6.62. The highest BCUT2D eigenvalue weighted by Gasteiger charge is 2.22. The summed E-state index contributed by atoms with van der Waals surface area (Å²) in [5.74, 6) is 2.04. The third-order valence-corrected chi connectivity index (χ3v) is 5.65. The van der Waals surface area contributed by atoms with E-state index in [0.717, 1.165) is 37.6 Å². The number of nitrogens with one attached hydrogen (secondary N) is 2. The molecule has 1 aromatic carbocycles. The zero-order chi connectivity index (χ0) is 14.5. The molecule has 22 heavy (non-hydrogen) atoms. The molecular weight excluding hydrogens is 316 g/mol. The molecule has 2 aliphatic rings. The molecule has 1 amide bonds. The van der Waals surface area contributed by atoms with Gasteiger partial charge in [-0.1, -0.05) is 18.2 Å². The predicted molar refractivity (Wildman–Crippen MR) is 94.7 cm³/mol. The van der Waals surface area contributed by atoms with Crippen LogP contribution in [0.2, 0.25) is 0 Å². The van der Waals surface area contributed by atoms with Crippen molar-refractivity contribution in [3.63, 3.8) is 0 Å². The largest absolute Gasteiger partial charge is 0.349 e. The first kappa shape index (κ1) is 17.6. The second-order valence-corrected chi connectivity index (χ2v) is 7.16. The number of hydrogen-bond donors (Lipinski definition) is 2. The second-order valence-electron chi connectivity index (χ2n) is 6.03. The van der Waals surface area contributed by atoms with E-state index in [1.54, 1.807) is 0 Å². The van der Waals surface area contributed by atoms with Crippen molar-refractivity contribution in [2.24, 2.45) is 5.92 Å². The van der Waals surface area contributed by atoms with E-state index in [0.29, 0.717) is 6.42 Å². The Hall–Kier alpha value is -0.710. The van der Waals surface area contributed by atoms with Gasteiger partial charge >= 0.3 is 0 Å². The quantitative estimate of drug-likeness (QED) is 0.880. The van der Waals surface area contributed by atoms with E-state index < -0.39 is 0 Å². The monoisotopic (exact) mass is 340 g/mol. The Morgan fingerprint density at radius 3 is 2.82 bits per heavy atom. The molecule has 0 aromatic heterocycles. The van der Waals surface area contributed by atoms with Gasteiger partial charge in [-0.2, -0.15) is 0 Å². The highest BCUT2D eigenvalue weighted by molar-refractivity contribution is 7.99. The molecule has 2 heterocycles. The fraction of sp³-hybridized carbons (Fsp3) is 0.588. The number of halogens is 1. The zero-order valence-electron chi connectivity index (χ0n) is 12.8. The van der Waals surface area contributed by atoms with Gasteiger partial charge in [0.25, 0.3) is 0 Å². The summed E-state index contributed by atoms with van der Waals surface area (Å²) in [6.45, 7) is 2.22. The fourth-order valence-electron chi connectivity index (χ4n) is 3.26. The number of hydrogen-bond acceptors (Lipinski definition) is 3. The number of carbonyl (C=O) groups excluding carboxylic acids is 1. The van der Waals surface area contributed by atoms with Gasteiger partial charge in [-0.15, -0.1) is 24.2 Å². The molecule has 1 atom stereocenters. The molecule has 0 bridgehead atoms. The van der Waals surface area contributed by atoms with Crippen molar-refractivity contribution < 1.29 is 4.79 Å². The molecule has 0 saturated carbocycles. The van der Waals surface area contributed by atoms with E-state index in [4.69, 9.17) is 0 Å². The standard InChI is InChI=1S/C17H24N2OS.ClH/c20-17(6-5-13-7-10-18-11-8-13)19-15-9-12-21-16-4-2-1-3-14(15)16;/h1-4,13,15,18H,5-12H2,(H,19,20);1H. The van der Waals surface area contributed by atoms with Crippen molar-refractivity contribution >= 4 is 30.1 Å². The first-order valence-corrected chi connectivity index (χ1v) is 9.03. The van der Waals surface area contributed by atoms with Crippen LogP contribution >= 0.6 is 24.2 Å². The van der Waals surface area contributed by atoms with Crippen LogP contribution in [0.5, 0.6) is 0 Å². The van der Waals surface area contributed by atoms with Gasteiger partial charge in [-0.25, -0.2) is 0 Å². The Bertz CT molecular complexity index is 491. The van der Waals surface area contributed by atoms with Crippen molar-refractivity contribution in [3.8, 4) is 0 Å². The van der Waals surface area contributed by atoms with Crippen LogP contribution < -0.4 is 10.6 Å². The Balaban J connectivity index is 0.00000176. The lowest BCUT2D eigenvalue weighted by atomic mass is 9.93. The Labute approximate surface area is 143 Å². The number of piperidine rings is 1. The van der Waals surface area contributed by atoms with Crippen molar-refractivity contribution in [1.29, 1.82) is 0 Å². The van der Waals surface area contributed by atoms with E-state index in [1.807, 2.05) is 11.8 Å². The van der Waals surface area contributed by atoms with Gasteiger partial charge in [0.1, 0.15) is 0 Å². The summed E-state index contributed by atoms with van der Waals surface area (Å²) >= 11 is 1.90. The highest BCUT2D eigenvalue weighted by Crippen LogP contribution is 2.35. The lowest BCUT2D eigenvalue weighted by molar-refractivity contribution is -0.122. The maximum atomic E-state index is 12.2. The number of rotatable bonds is 4. The third kappa shape index (κ3) is 4.64. The van der Waals surface area contributed by atoms with Crippen LogP contribution in [-0.4, -0.2) is 24.7 Å². The van der Waals surface area contributed by atoms with E-state index in [2.05, 4.69) is 34.9 Å². The van der Waals surface area contributed by atoms with E-state index >= 15 is 0 Å². The van der Waals surface area contributed by atoms with E-state index in [1.165, 1.54) is 23.3 Å². The number of amides is 1. The van der Waals surface area contributed by atoms with Gasteiger partial charge < -0.3 is 10.6 Å². The van der Waals surface area contributed by atoms with Crippen LogP contribution in [0.25, 0.3) is 0 Å². The van der Waals surface area contributed by atoms with Gasteiger partial charge in [0.05, 0.1) is 6.04 Å². The molecule has 1 unspecified atom stereocenters. The minimum absolute atomic E-state index is 0. The second kappa shape index (κ2) is 8.80. The summed E-state index contributed by atoms with van der Waals surface area (Å²) in [6, 6.07) is 8.67. The van der Waals surface area contributed by atoms with Crippen molar-refractivity contribution in [1.82, 2.24) is 10.6 Å². The number of benzene rings is 1. The first-order valence-electron chi connectivity index (χ1n) is 8.05. The Morgan fingerprint density at radius 2 is 2.00 bits per heavy atom. The number of thioether (sulfide) groups is 1. The van der Waals surface area contributed by atoms with E-state index in [-0.39, 0.29) is 24.4 Å². The molecule has 1 saturated heterocycles. The topological polar surface area (TPSA) is 41.1 Å². The van der Waals surface area contributed by atoms with Crippen molar-refractivity contribution in [2.75, 3.05) is 18.8 Å².